The second kappa shape index (κ2) is 4.84. The molecule has 2 rings (SSSR count). The van der Waals surface area contributed by atoms with Gasteiger partial charge >= 0.3 is 0 Å². The Morgan fingerprint density at radius 1 is 1.50 bits per heavy atom. The zero-order chi connectivity index (χ0) is 11.4. The molecule has 16 heavy (non-hydrogen) atoms. The quantitative estimate of drug-likeness (QED) is 0.772. The highest BCUT2D eigenvalue weighted by Crippen LogP contribution is 2.02. The summed E-state index contributed by atoms with van der Waals surface area (Å²) in [5.74, 6) is 1.27. The normalized spacial score (nSPS) is 10.9. The molecule has 0 bridgehead atoms. The molecule has 0 unspecified atom stereocenters. The van der Waals surface area contributed by atoms with Gasteiger partial charge in [-0.05, 0) is 6.42 Å². The smallest absolute Gasteiger partial charge is 0.248 e. The Bertz CT molecular complexity index is 448. The SMILES string of the molecule is CCCc1noc(Cn2cc(CN)nn2)n1. The van der Waals surface area contributed by atoms with Gasteiger partial charge in [-0.25, -0.2) is 4.68 Å². The van der Waals surface area contributed by atoms with Crippen molar-refractivity contribution in [1.82, 2.24) is 25.1 Å². The van der Waals surface area contributed by atoms with Crippen LogP contribution in [-0.4, -0.2) is 25.1 Å². The van der Waals surface area contributed by atoms with E-state index in [0.29, 0.717) is 19.0 Å². The molecule has 0 radical (unpaired) electrons. The summed E-state index contributed by atoms with van der Waals surface area (Å²) in [5, 5.41) is 11.6. The molecule has 2 N–H and O–H groups in total. The van der Waals surface area contributed by atoms with Crippen molar-refractivity contribution in [3.05, 3.63) is 23.6 Å². The first-order chi connectivity index (χ1) is 7.81. The molecule has 0 aliphatic rings. The van der Waals surface area contributed by atoms with Gasteiger partial charge in [-0.15, -0.1) is 5.10 Å². The maximum Gasteiger partial charge on any atom is 0.248 e. The average Bonchev–Trinajstić information content (AvgIpc) is 2.89. The first kappa shape index (κ1) is 10.7. The van der Waals surface area contributed by atoms with Crippen LogP contribution in [0.5, 0.6) is 0 Å². The van der Waals surface area contributed by atoms with E-state index in [1.165, 1.54) is 0 Å². The summed E-state index contributed by atoms with van der Waals surface area (Å²) in [6.07, 6.45) is 3.60. The van der Waals surface area contributed by atoms with Crippen LogP contribution in [-0.2, 0) is 19.5 Å². The highest BCUT2D eigenvalue weighted by molar-refractivity contribution is 4.93. The first-order valence-corrected chi connectivity index (χ1v) is 5.22. The van der Waals surface area contributed by atoms with E-state index in [2.05, 4.69) is 27.4 Å². The van der Waals surface area contributed by atoms with E-state index in [0.717, 1.165) is 24.4 Å². The molecule has 0 spiro atoms. The lowest BCUT2D eigenvalue weighted by atomic mass is 10.3. The van der Waals surface area contributed by atoms with Gasteiger partial charge in [0.1, 0.15) is 6.54 Å². The van der Waals surface area contributed by atoms with Crippen LogP contribution in [0.15, 0.2) is 10.7 Å². The Labute approximate surface area is 92.6 Å². The van der Waals surface area contributed by atoms with E-state index in [4.69, 9.17) is 10.3 Å². The molecule has 0 aromatic carbocycles. The molecular weight excluding hydrogens is 208 g/mol. The fourth-order valence-electron chi connectivity index (χ4n) is 1.33. The molecule has 7 nitrogen and oxygen atoms in total. The fraction of sp³-hybridized carbons (Fsp3) is 0.556. The van der Waals surface area contributed by atoms with E-state index >= 15 is 0 Å². The molecule has 0 atom stereocenters. The maximum atomic E-state index is 5.43. The van der Waals surface area contributed by atoms with Crippen molar-refractivity contribution in [2.24, 2.45) is 5.73 Å². The molecule has 0 aliphatic heterocycles. The van der Waals surface area contributed by atoms with Crippen LogP contribution in [0, 0.1) is 0 Å². The molecule has 0 amide bonds. The predicted octanol–water partition coefficient (Wildman–Crippen LogP) is 0.121. The average molecular weight is 222 g/mol. The van der Waals surface area contributed by atoms with Crippen LogP contribution in [0.1, 0.15) is 30.8 Å². The molecule has 2 heterocycles. The molecule has 2 aromatic rings. The van der Waals surface area contributed by atoms with Gasteiger partial charge < -0.3 is 10.3 Å². The molecule has 0 fully saturated rings. The van der Waals surface area contributed by atoms with Gasteiger partial charge in [0.05, 0.1) is 11.9 Å². The van der Waals surface area contributed by atoms with Crippen molar-refractivity contribution >= 4 is 0 Å². The van der Waals surface area contributed by atoms with Gasteiger partial charge in [0.25, 0.3) is 0 Å². The molecule has 0 aliphatic carbocycles. The van der Waals surface area contributed by atoms with Gasteiger partial charge in [-0.2, -0.15) is 4.98 Å². The summed E-state index contributed by atoms with van der Waals surface area (Å²) in [7, 11) is 0. The molecular formula is C9H14N6O. The van der Waals surface area contributed by atoms with Crippen LogP contribution < -0.4 is 5.73 Å². The van der Waals surface area contributed by atoms with Crippen molar-refractivity contribution in [1.29, 1.82) is 0 Å². The van der Waals surface area contributed by atoms with Crippen LogP contribution in [0.3, 0.4) is 0 Å². The number of aryl methyl sites for hydroxylation is 1. The van der Waals surface area contributed by atoms with Crippen LogP contribution in [0.4, 0.5) is 0 Å². The third-order valence-electron chi connectivity index (χ3n) is 2.08. The minimum absolute atomic E-state index is 0.380. The Balaban J connectivity index is 2.02. The van der Waals surface area contributed by atoms with Gasteiger partial charge in [-0.1, -0.05) is 17.3 Å². The Kier molecular flexibility index (Phi) is 3.25. The Morgan fingerprint density at radius 2 is 2.38 bits per heavy atom. The number of nitrogens with two attached hydrogens (primary N) is 1. The molecule has 0 saturated heterocycles. The van der Waals surface area contributed by atoms with Crippen LogP contribution in [0.2, 0.25) is 0 Å². The van der Waals surface area contributed by atoms with Crippen LogP contribution >= 0.6 is 0 Å². The minimum atomic E-state index is 0.380. The second-order valence-electron chi connectivity index (χ2n) is 3.47. The zero-order valence-electron chi connectivity index (χ0n) is 9.13. The molecule has 86 valence electrons. The van der Waals surface area contributed by atoms with Gasteiger partial charge in [0.15, 0.2) is 5.82 Å². The number of nitrogens with zero attached hydrogens (tertiary/aromatic N) is 5. The lowest BCUT2D eigenvalue weighted by Crippen LogP contribution is -2.01. The van der Waals surface area contributed by atoms with Crippen molar-refractivity contribution in [2.75, 3.05) is 0 Å². The summed E-state index contributed by atoms with van der Waals surface area (Å²) in [5.41, 5.74) is 6.18. The van der Waals surface area contributed by atoms with E-state index in [9.17, 15) is 0 Å². The summed E-state index contributed by atoms with van der Waals surface area (Å²) < 4.78 is 6.71. The molecule has 7 heteroatoms. The third kappa shape index (κ3) is 2.43. The Morgan fingerprint density at radius 3 is 3.06 bits per heavy atom. The number of rotatable bonds is 5. The largest absolute Gasteiger partial charge is 0.337 e. The van der Waals surface area contributed by atoms with Crippen molar-refractivity contribution in [3.63, 3.8) is 0 Å². The summed E-state index contributed by atoms with van der Waals surface area (Å²) in [4.78, 5) is 4.23. The lowest BCUT2D eigenvalue weighted by Gasteiger charge is -1.91. The molecule has 0 saturated carbocycles. The highest BCUT2D eigenvalue weighted by atomic mass is 16.5. The highest BCUT2D eigenvalue weighted by Gasteiger charge is 2.07. The minimum Gasteiger partial charge on any atom is -0.337 e. The lowest BCUT2D eigenvalue weighted by molar-refractivity contribution is 0.359. The standard InChI is InChI=1S/C9H14N6O/c1-2-3-8-11-9(16-13-8)6-15-5-7(4-10)12-14-15/h5H,2-4,6,10H2,1H3. The van der Waals surface area contributed by atoms with Crippen molar-refractivity contribution in [2.45, 2.75) is 32.9 Å². The van der Waals surface area contributed by atoms with Gasteiger partial charge in [-0.3, -0.25) is 0 Å². The fourth-order valence-corrected chi connectivity index (χ4v) is 1.33. The van der Waals surface area contributed by atoms with Crippen LogP contribution in [0.25, 0.3) is 0 Å². The van der Waals surface area contributed by atoms with Gasteiger partial charge in [0, 0.05) is 13.0 Å². The van der Waals surface area contributed by atoms with Crippen molar-refractivity contribution < 1.29 is 4.52 Å². The maximum absolute atomic E-state index is 5.43. The monoisotopic (exact) mass is 222 g/mol. The summed E-state index contributed by atoms with van der Waals surface area (Å²) in [6, 6.07) is 0. The van der Waals surface area contributed by atoms with E-state index < -0.39 is 0 Å². The number of aromatic nitrogens is 5. The zero-order valence-corrected chi connectivity index (χ0v) is 9.13. The second-order valence-corrected chi connectivity index (χ2v) is 3.47. The van der Waals surface area contributed by atoms with Gasteiger partial charge in [0.2, 0.25) is 5.89 Å². The van der Waals surface area contributed by atoms with Crippen molar-refractivity contribution in [3.8, 4) is 0 Å². The van der Waals surface area contributed by atoms with E-state index in [1.807, 2.05) is 0 Å². The topological polar surface area (TPSA) is 95.7 Å². The summed E-state index contributed by atoms with van der Waals surface area (Å²) >= 11 is 0. The Hall–Kier alpha value is -1.76. The third-order valence-corrected chi connectivity index (χ3v) is 2.08. The van der Waals surface area contributed by atoms with E-state index in [1.54, 1.807) is 10.9 Å². The first-order valence-electron chi connectivity index (χ1n) is 5.22. The number of hydrogen-bond donors (Lipinski definition) is 1. The van der Waals surface area contributed by atoms with E-state index in [-0.39, 0.29) is 0 Å². The summed E-state index contributed by atoms with van der Waals surface area (Å²) in [6.45, 7) is 2.88. The number of hydrogen-bond acceptors (Lipinski definition) is 6. The molecule has 2 aromatic heterocycles. The predicted molar refractivity (Wildman–Crippen MR) is 55.3 cm³/mol.